The van der Waals surface area contributed by atoms with Crippen molar-refractivity contribution < 1.29 is 38.2 Å². The fourth-order valence-corrected chi connectivity index (χ4v) is 3.55. The molecule has 10 nitrogen and oxygen atoms in total. The third-order valence-corrected chi connectivity index (χ3v) is 4.86. The first-order chi connectivity index (χ1) is 14.8. The van der Waals surface area contributed by atoms with Crippen LogP contribution in [0.5, 0.6) is 11.5 Å². The van der Waals surface area contributed by atoms with Gasteiger partial charge in [-0.2, -0.15) is 0 Å². The Morgan fingerprint density at radius 3 is 2.71 bits per heavy atom. The third-order valence-electron chi connectivity index (χ3n) is 4.06. The summed E-state index contributed by atoms with van der Waals surface area (Å²) in [4.78, 5) is 49.0. The summed E-state index contributed by atoms with van der Waals surface area (Å²) < 4.78 is 16.5. The van der Waals surface area contributed by atoms with Crippen molar-refractivity contribution in [2.75, 3.05) is 13.2 Å². The molecule has 2 aromatic rings. The molecule has 1 aliphatic heterocycles. The third kappa shape index (κ3) is 5.23. The number of nitrogens with one attached hydrogen (secondary N) is 1. The monoisotopic (exact) mass is 540 g/mol. The molecule has 0 unspecified atom stereocenters. The van der Waals surface area contributed by atoms with Crippen molar-refractivity contribution in [1.82, 2.24) is 10.2 Å². The molecule has 1 saturated heterocycles. The Kier molecular flexibility index (Phi) is 6.95. The number of ether oxygens (including phenoxy) is 2. The molecule has 0 radical (unpaired) electrons. The minimum atomic E-state index is -1.14. The molecule has 1 fully saturated rings. The zero-order valence-electron chi connectivity index (χ0n) is 16.2. The van der Waals surface area contributed by atoms with Crippen molar-refractivity contribution in [1.29, 1.82) is 0 Å². The van der Waals surface area contributed by atoms with E-state index in [4.69, 9.17) is 19.0 Å². The van der Waals surface area contributed by atoms with Crippen LogP contribution in [0.15, 0.2) is 40.5 Å². The molecule has 0 bridgehead atoms. The van der Waals surface area contributed by atoms with E-state index in [0.29, 0.717) is 14.9 Å². The number of halogens is 1. The summed E-state index contributed by atoms with van der Waals surface area (Å²) in [5.41, 5.74) is 0.185. The number of carbonyl (C=O) groups is 4. The van der Waals surface area contributed by atoms with Gasteiger partial charge in [0.2, 0.25) is 0 Å². The minimum absolute atomic E-state index is 0.133. The summed E-state index contributed by atoms with van der Waals surface area (Å²) in [6, 6.07) is 5.50. The fraction of sp³-hybridized carbons (Fsp3) is 0.200. The highest BCUT2D eigenvalue weighted by atomic mass is 127. The van der Waals surface area contributed by atoms with Gasteiger partial charge in [-0.1, -0.05) is 0 Å². The smallest absolute Gasteiger partial charge is 0.341 e. The lowest BCUT2D eigenvalue weighted by Gasteiger charge is -2.25. The molecule has 4 amide bonds. The molecule has 162 valence electrons. The first kappa shape index (κ1) is 22.3. The molecular formula is C20H17IN2O8. The van der Waals surface area contributed by atoms with Gasteiger partial charge >= 0.3 is 12.0 Å². The highest BCUT2D eigenvalue weighted by Crippen LogP contribution is 2.35. The van der Waals surface area contributed by atoms with Crippen LogP contribution in [0.2, 0.25) is 0 Å². The number of carbonyl (C=O) groups excluding carboxylic acids is 3. The molecule has 0 aliphatic carbocycles. The number of urea groups is 1. The van der Waals surface area contributed by atoms with Crippen molar-refractivity contribution in [3.05, 3.63) is 51.0 Å². The predicted octanol–water partition coefficient (Wildman–Crippen LogP) is 2.41. The molecule has 11 heteroatoms. The maximum absolute atomic E-state index is 12.8. The Morgan fingerprint density at radius 1 is 1.29 bits per heavy atom. The quantitative estimate of drug-likeness (QED) is 0.296. The van der Waals surface area contributed by atoms with Gasteiger partial charge in [-0.05, 0) is 65.4 Å². The van der Waals surface area contributed by atoms with Gasteiger partial charge in [0.15, 0.2) is 18.1 Å². The van der Waals surface area contributed by atoms with Crippen LogP contribution in [0.1, 0.15) is 18.2 Å². The molecule has 3 rings (SSSR count). The Balaban J connectivity index is 1.94. The first-order valence-corrected chi connectivity index (χ1v) is 10.1. The van der Waals surface area contributed by atoms with E-state index in [9.17, 15) is 19.2 Å². The number of hydrogen-bond acceptors (Lipinski definition) is 7. The highest BCUT2D eigenvalue weighted by Gasteiger charge is 2.36. The molecule has 2 N–H and O–H groups in total. The van der Waals surface area contributed by atoms with Crippen molar-refractivity contribution in [2.45, 2.75) is 13.5 Å². The average Bonchev–Trinajstić information content (AvgIpc) is 3.21. The van der Waals surface area contributed by atoms with Gasteiger partial charge in [0.25, 0.3) is 11.8 Å². The van der Waals surface area contributed by atoms with Crippen LogP contribution in [0.4, 0.5) is 4.79 Å². The van der Waals surface area contributed by atoms with Gasteiger partial charge < -0.3 is 19.0 Å². The van der Waals surface area contributed by atoms with Crippen LogP contribution in [-0.4, -0.2) is 47.0 Å². The predicted molar refractivity (Wildman–Crippen MR) is 114 cm³/mol. The van der Waals surface area contributed by atoms with Gasteiger partial charge in [0.05, 0.1) is 23.0 Å². The van der Waals surface area contributed by atoms with Crippen LogP contribution < -0.4 is 14.8 Å². The van der Waals surface area contributed by atoms with E-state index in [-0.39, 0.29) is 30.2 Å². The lowest BCUT2D eigenvalue weighted by molar-refractivity contribution is -0.139. The fourth-order valence-electron chi connectivity index (χ4n) is 2.77. The first-order valence-electron chi connectivity index (χ1n) is 9.02. The van der Waals surface area contributed by atoms with Gasteiger partial charge in [0, 0.05) is 0 Å². The topological polar surface area (TPSA) is 135 Å². The number of benzene rings is 1. The van der Waals surface area contributed by atoms with E-state index < -0.39 is 30.4 Å². The minimum Gasteiger partial charge on any atom is -0.490 e. The van der Waals surface area contributed by atoms with Crippen LogP contribution in [0.3, 0.4) is 0 Å². The Bertz CT molecular complexity index is 1060. The largest absolute Gasteiger partial charge is 0.490 e. The second-order valence-electron chi connectivity index (χ2n) is 6.23. The zero-order chi connectivity index (χ0) is 22.5. The van der Waals surface area contributed by atoms with E-state index >= 15 is 0 Å². The number of aliphatic carboxylic acids is 1. The summed E-state index contributed by atoms with van der Waals surface area (Å²) in [6.07, 6.45) is 2.74. The van der Waals surface area contributed by atoms with Crippen molar-refractivity contribution in [2.24, 2.45) is 0 Å². The zero-order valence-corrected chi connectivity index (χ0v) is 18.4. The Hall–Kier alpha value is -3.35. The number of furan rings is 1. The molecular weight excluding hydrogens is 523 g/mol. The SMILES string of the molecule is CCOc1cc(/C=C2\C(=O)NC(=O)N(Cc3ccco3)C2=O)cc(I)c1OCC(=O)O. The maximum atomic E-state index is 12.8. The van der Waals surface area contributed by atoms with Crippen molar-refractivity contribution in [3.8, 4) is 11.5 Å². The van der Waals surface area contributed by atoms with Crippen LogP contribution >= 0.6 is 22.6 Å². The normalized spacial score (nSPS) is 15.2. The summed E-state index contributed by atoms with van der Waals surface area (Å²) in [7, 11) is 0. The van der Waals surface area contributed by atoms with E-state index in [0.717, 1.165) is 4.90 Å². The van der Waals surface area contributed by atoms with Gasteiger partial charge in [-0.15, -0.1) is 0 Å². The molecule has 1 aromatic heterocycles. The molecule has 1 aliphatic rings. The molecule has 0 saturated carbocycles. The number of barbiturate groups is 1. The van der Waals surface area contributed by atoms with Crippen LogP contribution in [-0.2, 0) is 20.9 Å². The number of carboxylic acid groups (broad SMARTS) is 1. The number of rotatable bonds is 8. The van der Waals surface area contributed by atoms with Crippen LogP contribution in [0.25, 0.3) is 6.08 Å². The number of hydrogen-bond donors (Lipinski definition) is 2. The van der Waals surface area contributed by atoms with E-state index in [1.165, 1.54) is 18.4 Å². The second-order valence-corrected chi connectivity index (χ2v) is 7.40. The highest BCUT2D eigenvalue weighted by molar-refractivity contribution is 14.1. The summed E-state index contributed by atoms with van der Waals surface area (Å²) in [6.45, 7) is 1.34. The Labute approximate surface area is 189 Å². The lowest BCUT2D eigenvalue weighted by atomic mass is 10.1. The van der Waals surface area contributed by atoms with Gasteiger partial charge in [-0.25, -0.2) is 9.59 Å². The van der Waals surface area contributed by atoms with Crippen molar-refractivity contribution in [3.63, 3.8) is 0 Å². The molecule has 31 heavy (non-hydrogen) atoms. The van der Waals surface area contributed by atoms with E-state index in [1.54, 1.807) is 25.1 Å². The molecule has 2 heterocycles. The van der Waals surface area contributed by atoms with Crippen molar-refractivity contribution >= 4 is 52.5 Å². The Morgan fingerprint density at radius 2 is 2.06 bits per heavy atom. The molecule has 0 atom stereocenters. The van der Waals surface area contributed by atoms with E-state index in [1.807, 2.05) is 22.6 Å². The number of carboxylic acids is 1. The number of imide groups is 2. The standard InChI is InChI=1S/C20H17IN2O8/c1-2-29-15-8-11(7-14(21)17(15)31-10-16(24)25)6-13-18(26)22-20(28)23(19(13)27)9-12-4-3-5-30-12/h3-8H,2,9-10H2,1H3,(H,24,25)(H,22,26,28)/b13-6+. The maximum Gasteiger partial charge on any atom is 0.341 e. The summed E-state index contributed by atoms with van der Waals surface area (Å²) in [5, 5.41) is 11.0. The van der Waals surface area contributed by atoms with Crippen LogP contribution in [0, 0.1) is 3.57 Å². The second kappa shape index (κ2) is 9.64. The molecule has 1 aromatic carbocycles. The van der Waals surface area contributed by atoms with Gasteiger partial charge in [0.1, 0.15) is 11.3 Å². The summed E-state index contributed by atoms with van der Waals surface area (Å²) >= 11 is 1.93. The average molecular weight is 540 g/mol. The van der Waals surface area contributed by atoms with Gasteiger partial charge in [-0.3, -0.25) is 19.8 Å². The number of nitrogens with zero attached hydrogens (tertiary/aromatic N) is 1. The molecule has 0 spiro atoms. The van der Waals surface area contributed by atoms with E-state index in [2.05, 4.69) is 5.32 Å². The number of amides is 4. The summed E-state index contributed by atoms with van der Waals surface area (Å²) in [5.74, 6) is -1.87. The lowest BCUT2D eigenvalue weighted by Crippen LogP contribution is -2.53.